The van der Waals surface area contributed by atoms with Crippen molar-refractivity contribution in [1.82, 2.24) is 25.3 Å². The third kappa shape index (κ3) is 5.86. The summed E-state index contributed by atoms with van der Waals surface area (Å²) < 4.78 is 19.3. The first kappa shape index (κ1) is 27.9. The Bertz CT molecular complexity index is 1770. The summed E-state index contributed by atoms with van der Waals surface area (Å²) in [7, 11) is 0. The molecule has 1 aliphatic rings. The number of fused-ring (bicyclic) bond motifs is 1. The predicted octanol–water partition coefficient (Wildman–Crippen LogP) is 6.45. The van der Waals surface area contributed by atoms with Gasteiger partial charge in [-0.1, -0.05) is 58.7 Å². The van der Waals surface area contributed by atoms with E-state index < -0.39 is 11.9 Å². The number of rotatable bonds is 8. The van der Waals surface area contributed by atoms with E-state index in [9.17, 15) is 9.65 Å². The Labute approximate surface area is 251 Å². The molecule has 12 heteroatoms. The van der Waals surface area contributed by atoms with E-state index in [0.29, 0.717) is 58.3 Å². The molecule has 6 rings (SSSR count). The number of H-pyrrole nitrogens is 1. The molecule has 2 aromatic heterocycles. The number of benzene rings is 3. The third-order valence-electron chi connectivity index (χ3n) is 7.09. The van der Waals surface area contributed by atoms with Crippen LogP contribution in [0, 0.1) is 17.1 Å². The second-order valence-electron chi connectivity index (χ2n) is 9.81. The van der Waals surface area contributed by atoms with Crippen LogP contribution in [0.5, 0.6) is 0 Å². The van der Waals surface area contributed by atoms with E-state index in [1.165, 1.54) is 18.3 Å². The number of anilines is 3. The number of ether oxygens (including phenoxy) is 1. The van der Waals surface area contributed by atoms with Crippen molar-refractivity contribution in [2.45, 2.75) is 12.6 Å². The molecule has 0 aliphatic carbocycles. The molecule has 0 amide bonds. The van der Waals surface area contributed by atoms with Gasteiger partial charge in [0.2, 0.25) is 0 Å². The first-order chi connectivity index (χ1) is 20.5. The SMILES string of the molecule is N#Cc1cnc2c(NC(c3ccccc3)c3nn[nH]c3CN3CCOCC3)cc(Cl)cc2c1Nc1ccc(F)c(Cl)c1. The van der Waals surface area contributed by atoms with E-state index in [0.717, 1.165) is 30.0 Å². The van der Waals surface area contributed by atoms with E-state index in [1.807, 2.05) is 30.3 Å². The van der Waals surface area contributed by atoms with Gasteiger partial charge in [0.1, 0.15) is 17.6 Å². The van der Waals surface area contributed by atoms with Gasteiger partial charge in [0, 0.05) is 41.9 Å². The second-order valence-corrected chi connectivity index (χ2v) is 10.7. The molecule has 1 aliphatic heterocycles. The lowest BCUT2D eigenvalue weighted by Crippen LogP contribution is -2.36. The summed E-state index contributed by atoms with van der Waals surface area (Å²) in [6, 6.07) is 19.5. The molecule has 3 heterocycles. The van der Waals surface area contributed by atoms with E-state index in [1.54, 1.807) is 18.2 Å². The Hall–Kier alpha value is -4.27. The molecule has 0 bridgehead atoms. The van der Waals surface area contributed by atoms with Gasteiger partial charge in [0.25, 0.3) is 0 Å². The Morgan fingerprint density at radius 2 is 1.90 bits per heavy atom. The maximum absolute atomic E-state index is 13.8. The number of nitriles is 1. The van der Waals surface area contributed by atoms with Gasteiger partial charge in [-0.3, -0.25) is 15.0 Å². The van der Waals surface area contributed by atoms with Crippen LogP contribution in [0.2, 0.25) is 10.0 Å². The van der Waals surface area contributed by atoms with Crippen molar-refractivity contribution in [3.05, 3.63) is 105 Å². The van der Waals surface area contributed by atoms with E-state index in [2.05, 4.69) is 42.0 Å². The van der Waals surface area contributed by atoms with Gasteiger partial charge in [-0.25, -0.2) is 4.39 Å². The Morgan fingerprint density at radius 1 is 1.10 bits per heavy atom. The van der Waals surface area contributed by atoms with Gasteiger partial charge in [0.05, 0.1) is 52.4 Å². The van der Waals surface area contributed by atoms with Gasteiger partial charge in [-0.05, 0) is 35.9 Å². The second kappa shape index (κ2) is 12.3. The average molecular weight is 603 g/mol. The van der Waals surface area contributed by atoms with Gasteiger partial charge in [0.15, 0.2) is 0 Å². The van der Waals surface area contributed by atoms with Gasteiger partial charge >= 0.3 is 0 Å². The van der Waals surface area contributed by atoms with Crippen molar-refractivity contribution in [3.8, 4) is 6.07 Å². The molecule has 42 heavy (non-hydrogen) atoms. The number of morpholine rings is 1. The molecule has 3 N–H and O–H groups in total. The number of nitrogens with one attached hydrogen (secondary N) is 3. The first-order valence-corrected chi connectivity index (χ1v) is 14.0. The van der Waals surface area contributed by atoms with Crippen molar-refractivity contribution in [2.75, 3.05) is 36.9 Å². The first-order valence-electron chi connectivity index (χ1n) is 13.3. The van der Waals surface area contributed by atoms with Gasteiger partial charge in [-0.15, -0.1) is 5.10 Å². The van der Waals surface area contributed by atoms with E-state index in [-0.39, 0.29) is 5.02 Å². The summed E-state index contributed by atoms with van der Waals surface area (Å²) in [6.07, 6.45) is 1.49. The molecule has 3 aromatic carbocycles. The van der Waals surface area contributed by atoms with Crippen LogP contribution in [0.15, 0.2) is 66.9 Å². The molecular weight excluding hydrogens is 578 g/mol. The Kier molecular flexibility index (Phi) is 8.17. The molecule has 0 saturated carbocycles. The highest BCUT2D eigenvalue weighted by atomic mass is 35.5. The highest BCUT2D eigenvalue weighted by Crippen LogP contribution is 2.38. The van der Waals surface area contributed by atoms with E-state index in [4.69, 9.17) is 27.9 Å². The van der Waals surface area contributed by atoms with Crippen molar-refractivity contribution in [2.24, 2.45) is 0 Å². The smallest absolute Gasteiger partial charge is 0.141 e. The fourth-order valence-corrected chi connectivity index (χ4v) is 5.41. The highest BCUT2D eigenvalue weighted by Gasteiger charge is 2.25. The largest absolute Gasteiger partial charge is 0.379 e. The number of aromatic nitrogens is 4. The van der Waals surface area contributed by atoms with Crippen LogP contribution >= 0.6 is 23.2 Å². The Balaban J connectivity index is 1.43. The molecule has 212 valence electrons. The fraction of sp³-hybridized carbons (Fsp3) is 0.200. The average Bonchev–Trinajstić information content (AvgIpc) is 3.46. The summed E-state index contributed by atoms with van der Waals surface area (Å²) in [5.74, 6) is -0.537. The van der Waals surface area contributed by atoms with Crippen LogP contribution in [-0.2, 0) is 11.3 Å². The molecular formula is C30H25Cl2FN8O. The van der Waals surface area contributed by atoms with Crippen LogP contribution in [0.1, 0.15) is 28.6 Å². The maximum Gasteiger partial charge on any atom is 0.141 e. The van der Waals surface area contributed by atoms with Crippen LogP contribution < -0.4 is 10.6 Å². The lowest BCUT2D eigenvalue weighted by atomic mass is 10.0. The number of halogens is 3. The third-order valence-corrected chi connectivity index (χ3v) is 7.60. The predicted molar refractivity (Wildman–Crippen MR) is 161 cm³/mol. The van der Waals surface area contributed by atoms with Crippen LogP contribution in [0.4, 0.5) is 21.5 Å². The summed E-state index contributed by atoms with van der Waals surface area (Å²) in [5.41, 5.74) is 5.09. The van der Waals surface area contributed by atoms with Crippen molar-refractivity contribution in [3.63, 3.8) is 0 Å². The monoisotopic (exact) mass is 602 g/mol. The summed E-state index contributed by atoms with van der Waals surface area (Å²) in [6.45, 7) is 3.65. The molecule has 9 nitrogen and oxygen atoms in total. The number of aromatic amines is 1. The molecule has 5 aromatic rings. The van der Waals surface area contributed by atoms with Crippen LogP contribution in [0.3, 0.4) is 0 Å². The lowest BCUT2D eigenvalue weighted by Gasteiger charge is -2.27. The molecule has 1 unspecified atom stereocenters. The zero-order valence-corrected chi connectivity index (χ0v) is 23.8. The number of pyridine rings is 1. The maximum atomic E-state index is 13.8. The normalized spacial score (nSPS) is 14.4. The zero-order valence-electron chi connectivity index (χ0n) is 22.2. The number of hydrogen-bond acceptors (Lipinski definition) is 8. The standard InChI is InChI=1S/C30H25Cl2FN8O/c31-20-12-22-27(36-21-6-7-24(33)23(32)14-21)19(15-34)16-35-29(22)25(13-20)37-28(18-4-2-1-3-5-18)30-26(38-40-39-30)17-41-8-10-42-11-9-41/h1-7,12-14,16,28,37H,8-11,17H2,(H,35,36)(H,38,39,40). The molecule has 0 radical (unpaired) electrons. The highest BCUT2D eigenvalue weighted by molar-refractivity contribution is 6.32. The fourth-order valence-electron chi connectivity index (χ4n) is 5.01. The number of hydrogen-bond donors (Lipinski definition) is 3. The summed E-state index contributed by atoms with van der Waals surface area (Å²) in [4.78, 5) is 6.93. The number of nitrogens with zero attached hydrogens (tertiary/aromatic N) is 5. The summed E-state index contributed by atoms with van der Waals surface area (Å²) in [5, 5.41) is 29.4. The minimum Gasteiger partial charge on any atom is -0.379 e. The summed E-state index contributed by atoms with van der Waals surface area (Å²) >= 11 is 12.7. The topological polar surface area (TPSA) is 115 Å². The van der Waals surface area contributed by atoms with E-state index >= 15 is 0 Å². The Morgan fingerprint density at radius 3 is 2.67 bits per heavy atom. The molecule has 1 fully saturated rings. The van der Waals surface area contributed by atoms with Crippen molar-refractivity contribution >= 4 is 51.2 Å². The van der Waals surface area contributed by atoms with Crippen LogP contribution in [-0.4, -0.2) is 51.6 Å². The molecule has 1 saturated heterocycles. The minimum atomic E-state index is -0.537. The molecule has 1 atom stereocenters. The quantitative estimate of drug-likeness (QED) is 0.186. The van der Waals surface area contributed by atoms with Crippen molar-refractivity contribution in [1.29, 1.82) is 5.26 Å². The lowest BCUT2D eigenvalue weighted by molar-refractivity contribution is 0.0335. The zero-order chi connectivity index (χ0) is 29.1. The van der Waals surface area contributed by atoms with Crippen molar-refractivity contribution < 1.29 is 9.13 Å². The van der Waals surface area contributed by atoms with Crippen LogP contribution in [0.25, 0.3) is 10.9 Å². The minimum absolute atomic E-state index is 0.0385. The molecule has 0 spiro atoms. The van der Waals surface area contributed by atoms with Gasteiger partial charge in [-0.2, -0.15) is 5.26 Å². The van der Waals surface area contributed by atoms with Gasteiger partial charge < -0.3 is 15.4 Å².